The molecule has 0 heterocycles. The van der Waals surface area contributed by atoms with E-state index in [2.05, 4.69) is 10.6 Å². The molecule has 0 aliphatic carbocycles. The summed E-state index contributed by atoms with van der Waals surface area (Å²) in [6, 6.07) is 18.4. The number of nitrogens with one attached hydrogen (secondary N) is 2. The third kappa shape index (κ3) is 7.48. The summed E-state index contributed by atoms with van der Waals surface area (Å²) < 4.78 is 24.6. The van der Waals surface area contributed by atoms with E-state index in [1.165, 1.54) is 23.9 Å². The predicted molar refractivity (Wildman–Crippen MR) is 139 cm³/mol. The molecule has 0 saturated carbocycles. The Bertz CT molecular complexity index is 1140. The second-order valence-corrected chi connectivity index (χ2v) is 8.91. The molecule has 0 saturated heterocycles. The zero-order valence-electron chi connectivity index (χ0n) is 20.0. The third-order valence-corrected chi connectivity index (χ3v) is 6.24. The van der Waals surface area contributed by atoms with Gasteiger partial charge < -0.3 is 20.1 Å². The second-order valence-electron chi connectivity index (χ2n) is 7.58. The SMILES string of the molecule is CCOc1cc(NC(=O)c2ccccc2)c(OCC)cc1NC(=O)CSC(C)c1ccc(F)cc1. The highest BCUT2D eigenvalue weighted by atomic mass is 32.2. The first kappa shape index (κ1) is 26.1. The monoisotopic (exact) mass is 496 g/mol. The fraction of sp³-hybridized carbons (Fsp3) is 0.259. The smallest absolute Gasteiger partial charge is 0.255 e. The second kappa shape index (κ2) is 12.8. The molecule has 0 aliphatic heterocycles. The number of hydrogen-bond acceptors (Lipinski definition) is 5. The molecule has 2 N–H and O–H groups in total. The summed E-state index contributed by atoms with van der Waals surface area (Å²) in [5.74, 6) is 0.249. The predicted octanol–water partition coefficient (Wildman–Crippen LogP) is 6.31. The molecule has 1 unspecified atom stereocenters. The lowest BCUT2D eigenvalue weighted by atomic mass is 10.2. The van der Waals surface area contributed by atoms with Gasteiger partial charge in [0.2, 0.25) is 5.91 Å². The Morgan fingerprint density at radius 3 is 2.03 bits per heavy atom. The Labute approximate surface area is 209 Å². The van der Waals surface area contributed by atoms with Crippen LogP contribution in [0.2, 0.25) is 0 Å². The number of hydrogen-bond donors (Lipinski definition) is 2. The van der Waals surface area contributed by atoms with Gasteiger partial charge in [-0.25, -0.2) is 4.39 Å². The summed E-state index contributed by atoms with van der Waals surface area (Å²) >= 11 is 1.44. The summed E-state index contributed by atoms with van der Waals surface area (Å²) in [5, 5.41) is 5.77. The first-order valence-corrected chi connectivity index (χ1v) is 12.4. The maximum atomic E-state index is 13.2. The van der Waals surface area contributed by atoms with Crippen molar-refractivity contribution in [3.05, 3.63) is 83.7 Å². The van der Waals surface area contributed by atoms with E-state index < -0.39 is 0 Å². The fourth-order valence-corrected chi connectivity index (χ4v) is 4.13. The highest BCUT2D eigenvalue weighted by molar-refractivity contribution is 8.00. The molecule has 0 spiro atoms. The fourth-order valence-electron chi connectivity index (χ4n) is 3.31. The molecular weight excluding hydrogens is 467 g/mol. The molecule has 0 bridgehead atoms. The van der Waals surface area contributed by atoms with Gasteiger partial charge in [0.05, 0.1) is 30.3 Å². The van der Waals surface area contributed by atoms with E-state index in [1.807, 2.05) is 26.8 Å². The van der Waals surface area contributed by atoms with Gasteiger partial charge in [0.1, 0.15) is 17.3 Å². The minimum Gasteiger partial charge on any atom is -0.492 e. The third-order valence-electron chi connectivity index (χ3n) is 5.04. The van der Waals surface area contributed by atoms with Gasteiger partial charge in [-0.15, -0.1) is 11.8 Å². The Morgan fingerprint density at radius 1 is 0.886 bits per heavy atom. The molecule has 3 aromatic carbocycles. The van der Waals surface area contributed by atoms with Gasteiger partial charge in [-0.2, -0.15) is 0 Å². The Morgan fingerprint density at radius 2 is 1.46 bits per heavy atom. The number of carbonyl (C=O) groups is 2. The average molecular weight is 497 g/mol. The van der Waals surface area contributed by atoms with Crippen molar-refractivity contribution in [3.63, 3.8) is 0 Å². The van der Waals surface area contributed by atoms with Gasteiger partial charge >= 0.3 is 0 Å². The molecule has 3 aromatic rings. The number of rotatable bonds is 11. The Balaban J connectivity index is 1.74. The highest BCUT2D eigenvalue weighted by Gasteiger charge is 2.18. The maximum Gasteiger partial charge on any atom is 0.255 e. The standard InChI is InChI=1S/C27H29FN2O4S/c1-4-33-24-16-23(30-27(32)20-9-7-6-8-10-20)25(34-5-2)15-22(24)29-26(31)17-35-18(3)19-11-13-21(28)14-12-19/h6-16,18H,4-5,17H2,1-3H3,(H,29,31)(H,30,32). The zero-order chi connectivity index (χ0) is 25.2. The molecular formula is C27H29FN2O4S. The number of ether oxygens (including phenoxy) is 2. The lowest BCUT2D eigenvalue weighted by Crippen LogP contribution is -2.17. The topological polar surface area (TPSA) is 76.7 Å². The normalized spacial score (nSPS) is 11.4. The number of amides is 2. The van der Waals surface area contributed by atoms with Crippen LogP contribution in [0.15, 0.2) is 66.7 Å². The van der Waals surface area contributed by atoms with E-state index in [9.17, 15) is 14.0 Å². The van der Waals surface area contributed by atoms with Crippen molar-refractivity contribution < 1.29 is 23.5 Å². The lowest BCUT2D eigenvalue weighted by Gasteiger charge is -2.18. The van der Waals surface area contributed by atoms with Crippen LogP contribution < -0.4 is 20.1 Å². The number of carbonyl (C=O) groups excluding carboxylic acids is 2. The Hall–Kier alpha value is -3.52. The number of thioether (sulfide) groups is 1. The van der Waals surface area contributed by atoms with Crippen LogP contribution in [0.4, 0.5) is 15.8 Å². The van der Waals surface area contributed by atoms with Crippen LogP contribution in [0.3, 0.4) is 0 Å². The quantitative estimate of drug-likeness (QED) is 0.325. The van der Waals surface area contributed by atoms with E-state index in [4.69, 9.17) is 9.47 Å². The van der Waals surface area contributed by atoms with Crippen molar-refractivity contribution in [1.82, 2.24) is 0 Å². The van der Waals surface area contributed by atoms with Gasteiger partial charge in [0, 0.05) is 22.9 Å². The van der Waals surface area contributed by atoms with Crippen molar-refractivity contribution in [3.8, 4) is 11.5 Å². The molecule has 0 radical (unpaired) electrons. The Kier molecular flexibility index (Phi) is 9.55. The van der Waals surface area contributed by atoms with Crippen molar-refractivity contribution in [1.29, 1.82) is 0 Å². The van der Waals surface area contributed by atoms with E-state index in [0.29, 0.717) is 41.7 Å². The van der Waals surface area contributed by atoms with Crippen molar-refractivity contribution in [2.45, 2.75) is 26.0 Å². The molecule has 35 heavy (non-hydrogen) atoms. The molecule has 3 rings (SSSR count). The summed E-state index contributed by atoms with van der Waals surface area (Å²) in [5.41, 5.74) is 2.35. The summed E-state index contributed by atoms with van der Waals surface area (Å²) in [6.45, 7) is 6.39. The first-order chi connectivity index (χ1) is 16.9. The van der Waals surface area contributed by atoms with Crippen molar-refractivity contribution in [2.75, 3.05) is 29.6 Å². The van der Waals surface area contributed by atoms with E-state index in [-0.39, 0.29) is 28.6 Å². The zero-order valence-corrected chi connectivity index (χ0v) is 20.8. The van der Waals surface area contributed by atoms with Crippen LogP contribution in [0.1, 0.15) is 41.9 Å². The van der Waals surface area contributed by atoms with Crippen LogP contribution in [-0.4, -0.2) is 30.8 Å². The first-order valence-electron chi connectivity index (χ1n) is 11.4. The molecule has 184 valence electrons. The van der Waals surface area contributed by atoms with Crippen LogP contribution in [0.5, 0.6) is 11.5 Å². The van der Waals surface area contributed by atoms with Crippen LogP contribution >= 0.6 is 11.8 Å². The summed E-state index contributed by atoms with van der Waals surface area (Å²) in [6.07, 6.45) is 0. The van der Waals surface area contributed by atoms with Crippen LogP contribution in [0.25, 0.3) is 0 Å². The van der Waals surface area contributed by atoms with E-state index in [1.54, 1.807) is 48.5 Å². The number of anilines is 2. The molecule has 2 amide bonds. The number of benzene rings is 3. The van der Waals surface area contributed by atoms with Gasteiger partial charge in [0.15, 0.2) is 0 Å². The van der Waals surface area contributed by atoms with Gasteiger partial charge in [-0.05, 0) is 50.6 Å². The maximum absolute atomic E-state index is 13.2. The minimum atomic E-state index is -0.291. The van der Waals surface area contributed by atoms with Crippen molar-refractivity contribution in [2.24, 2.45) is 0 Å². The minimum absolute atomic E-state index is 0.0160. The van der Waals surface area contributed by atoms with Gasteiger partial charge in [0.25, 0.3) is 5.91 Å². The van der Waals surface area contributed by atoms with Crippen molar-refractivity contribution >= 4 is 35.0 Å². The largest absolute Gasteiger partial charge is 0.492 e. The highest BCUT2D eigenvalue weighted by Crippen LogP contribution is 2.37. The summed E-state index contributed by atoms with van der Waals surface area (Å²) in [4.78, 5) is 25.4. The van der Waals surface area contributed by atoms with E-state index in [0.717, 1.165) is 5.56 Å². The van der Waals surface area contributed by atoms with Gasteiger partial charge in [-0.1, -0.05) is 30.3 Å². The van der Waals surface area contributed by atoms with Crippen LogP contribution in [-0.2, 0) is 4.79 Å². The van der Waals surface area contributed by atoms with Gasteiger partial charge in [-0.3, -0.25) is 9.59 Å². The number of halogens is 1. The lowest BCUT2D eigenvalue weighted by molar-refractivity contribution is -0.113. The molecule has 6 nitrogen and oxygen atoms in total. The molecule has 0 fully saturated rings. The molecule has 1 atom stereocenters. The molecule has 0 aliphatic rings. The summed E-state index contributed by atoms with van der Waals surface area (Å²) in [7, 11) is 0. The van der Waals surface area contributed by atoms with Crippen LogP contribution in [0, 0.1) is 5.82 Å². The average Bonchev–Trinajstić information content (AvgIpc) is 2.86. The molecule has 0 aromatic heterocycles. The van der Waals surface area contributed by atoms with E-state index >= 15 is 0 Å². The molecule has 8 heteroatoms.